The predicted octanol–water partition coefficient (Wildman–Crippen LogP) is 2.76. The van der Waals surface area contributed by atoms with Gasteiger partial charge in [-0.2, -0.15) is 0 Å². The Kier molecular flexibility index (Phi) is 5.77. The lowest BCUT2D eigenvalue weighted by Gasteiger charge is -2.25. The summed E-state index contributed by atoms with van der Waals surface area (Å²) >= 11 is 0. The van der Waals surface area contributed by atoms with Gasteiger partial charge in [0.25, 0.3) is 0 Å². The second-order valence-electron chi connectivity index (χ2n) is 5.31. The standard InChI is InChI=1S/C16H23NO2/c1-4-13-7-9-14(10-8-13)16(2,3)12-17-11-5-6-15(18)19/h5-10,17H,4,11-12H2,1-3H3,(H,18,19)/b6-5+. The number of hydrogen-bond acceptors (Lipinski definition) is 2. The molecule has 0 unspecified atom stereocenters. The average molecular weight is 261 g/mol. The van der Waals surface area contributed by atoms with Gasteiger partial charge in [-0.15, -0.1) is 0 Å². The minimum atomic E-state index is -0.906. The van der Waals surface area contributed by atoms with Gasteiger partial charge in [-0.1, -0.05) is 51.1 Å². The Hall–Kier alpha value is -1.61. The number of aliphatic carboxylic acids is 1. The molecule has 0 saturated heterocycles. The smallest absolute Gasteiger partial charge is 0.328 e. The predicted molar refractivity (Wildman–Crippen MR) is 78.5 cm³/mol. The van der Waals surface area contributed by atoms with Crippen LogP contribution in [0.15, 0.2) is 36.4 Å². The van der Waals surface area contributed by atoms with Crippen molar-refractivity contribution in [3.63, 3.8) is 0 Å². The fourth-order valence-corrected chi connectivity index (χ4v) is 1.92. The molecule has 0 atom stereocenters. The van der Waals surface area contributed by atoms with Crippen LogP contribution in [0.25, 0.3) is 0 Å². The first kappa shape index (κ1) is 15.4. The zero-order chi connectivity index (χ0) is 14.3. The van der Waals surface area contributed by atoms with E-state index in [-0.39, 0.29) is 5.41 Å². The number of rotatable bonds is 7. The number of benzene rings is 1. The first-order valence-electron chi connectivity index (χ1n) is 6.65. The van der Waals surface area contributed by atoms with E-state index >= 15 is 0 Å². The van der Waals surface area contributed by atoms with E-state index < -0.39 is 5.97 Å². The lowest BCUT2D eigenvalue weighted by atomic mass is 9.84. The van der Waals surface area contributed by atoms with Crippen LogP contribution in [0.2, 0.25) is 0 Å². The van der Waals surface area contributed by atoms with E-state index in [1.165, 1.54) is 11.1 Å². The van der Waals surface area contributed by atoms with Crippen molar-refractivity contribution in [1.29, 1.82) is 0 Å². The van der Waals surface area contributed by atoms with Gasteiger partial charge in [0.1, 0.15) is 0 Å². The second kappa shape index (κ2) is 7.10. The van der Waals surface area contributed by atoms with E-state index in [9.17, 15) is 4.79 Å². The average Bonchev–Trinajstić information content (AvgIpc) is 2.38. The molecule has 0 radical (unpaired) electrons. The first-order valence-corrected chi connectivity index (χ1v) is 6.65. The molecule has 2 N–H and O–H groups in total. The minimum Gasteiger partial charge on any atom is -0.478 e. The Bertz CT molecular complexity index is 433. The molecule has 104 valence electrons. The monoisotopic (exact) mass is 261 g/mol. The Labute approximate surface area is 115 Å². The molecule has 1 rings (SSSR count). The summed E-state index contributed by atoms with van der Waals surface area (Å²) in [5.74, 6) is -0.906. The van der Waals surface area contributed by atoms with Gasteiger partial charge in [0.15, 0.2) is 0 Å². The molecule has 0 aliphatic rings. The van der Waals surface area contributed by atoms with Gasteiger partial charge in [-0.05, 0) is 17.5 Å². The molecule has 3 heteroatoms. The maximum absolute atomic E-state index is 10.3. The summed E-state index contributed by atoms with van der Waals surface area (Å²) in [5, 5.41) is 11.7. The number of carbonyl (C=O) groups is 1. The molecule has 0 aliphatic heterocycles. The highest BCUT2D eigenvalue weighted by molar-refractivity contribution is 5.79. The second-order valence-corrected chi connectivity index (χ2v) is 5.31. The van der Waals surface area contributed by atoms with Gasteiger partial charge in [0.05, 0.1) is 0 Å². The normalized spacial score (nSPS) is 11.9. The van der Waals surface area contributed by atoms with Gasteiger partial charge in [-0.3, -0.25) is 0 Å². The Balaban J connectivity index is 2.52. The zero-order valence-electron chi connectivity index (χ0n) is 11.9. The molecule has 1 aromatic rings. The van der Waals surface area contributed by atoms with Crippen LogP contribution in [0.1, 0.15) is 31.9 Å². The minimum absolute atomic E-state index is 0.0311. The Morgan fingerprint density at radius 3 is 2.47 bits per heavy atom. The molecule has 0 bridgehead atoms. The topological polar surface area (TPSA) is 49.3 Å². The van der Waals surface area contributed by atoms with Gasteiger partial charge in [0, 0.05) is 24.6 Å². The van der Waals surface area contributed by atoms with Crippen molar-refractivity contribution in [2.24, 2.45) is 0 Å². The molecular formula is C16H23NO2. The van der Waals surface area contributed by atoms with E-state index in [2.05, 4.69) is 50.4 Å². The molecule has 0 spiro atoms. The van der Waals surface area contributed by atoms with E-state index in [1.807, 2.05) is 0 Å². The highest BCUT2D eigenvalue weighted by Gasteiger charge is 2.19. The van der Waals surface area contributed by atoms with Gasteiger partial charge in [0.2, 0.25) is 0 Å². The molecule has 0 saturated carbocycles. The molecular weight excluding hydrogens is 238 g/mol. The Morgan fingerprint density at radius 2 is 1.95 bits per heavy atom. The van der Waals surface area contributed by atoms with Crippen LogP contribution >= 0.6 is 0 Å². The third kappa shape index (κ3) is 5.26. The third-order valence-corrected chi connectivity index (χ3v) is 3.23. The lowest BCUT2D eigenvalue weighted by molar-refractivity contribution is -0.131. The number of carboxylic acid groups (broad SMARTS) is 1. The highest BCUT2D eigenvalue weighted by Crippen LogP contribution is 2.22. The molecule has 0 aromatic heterocycles. The van der Waals surface area contributed by atoms with Crippen molar-refractivity contribution in [2.75, 3.05) is 13.1 Å². The quantitative estimate of drug-likeness (QED) is 0.586. The summed E-state index contributed by atoms with van der Waals surface area (Å²) in [6, 6.07) is 8.68. The first-order chi connectivity index (χ1) is 8.95. The number of nitrogens with one attached hydrogen (secondary N) is 1. The molecule has 0 amide bonds. The van der Waals surface area contributed by atoms with E-state index in [0.717, 1.165) is 19.0 Å². The van der Waals surface area contributed by atoms with E-state index in [1.54, 1.807) is 6.08 Å². The van der Waals surface area contributed by atoms with Gasteiger partial charge in [-0.25, -0.2) is 4.79 Å². The molecule has 3 nitrogen and oxygen atoms in total. The molecule has 19 heavy (non-hydrogen) atoms. The fraction of sp³-hybridized carbons (Fsp3) is 0.438. The molecule has 0 fully saturated rings. The number of aryl methyl sites for hydroxylation is 1. The van der Waals surface area contributed by atoms with Crippen molar-refractivity contribution in [2.45, 2.75) is 32.6 Å². The summed E-state index contributed by atoms with van der Waals surface area (Å²) in [6.07, 6.45) is 3.84. The summed E-state index contributed by atoms with van der Waals surface area (Å²) in [5.41, 5.74) is 2.67. The van der Waals surface area contributed by atoms with Crippen LogP contribution in [-0.4, -0.2) is 24.2 Å². The maximum atomic E-state index is 10.3. The summed E-state index contributed by atoms with van der Waals surface area (Å²) in [6.45, 7) is 7.89. The van der Waals surface area contributed by atoms with Crippen LogP contribution in [0, 0.1) is 0 Å². The zero-order valence-corrected chi connectivity index (χ0v) is 11.9. The maximum Gasteiger partial charge on any atom is 0.328 e. The van der Waals surface area contributed by atoms with Crippen LogP contribution in [0.5, 0.6) is 0 Å². The largest absolute Gasteiger partial charge is 0.478 e. The van der Waals surface area contributed by atoms with Crippen LogP contribution < -0.4 is 5.32 Å². The number of carboxylic acids is 1. The van der Waals surface area contributed by atoms with Crippen molar-refractivity contribution in [1.82, 2.24) is 5.32 Å². The van der Waals surface area contributed by atoms with E-state index in [0.29, 0.717) is 6.54 Å². The number of hydrogen-bond donors (Lipinski definition) is 2. The Morgan fingerprint density at radius 1 is 1.32 bits per heavy atom. The molecule has 0 heterocycles. The lowest BCUT2D eigenvalue weighted by Crippen LogP contribution is -2.33. The summed E-state index contributed by atoms with van der Waals surface area (Å²) in [4.78, 5) is 10.3. The fourth-order valence-electron chi connectivity index (χ4n) is 1.92. The van der Waals surface area contributed by atoms with Crippen molar-refractivity contribution in [3.05, 3.63) is 47.5 Å². The van der Waals surface area contributed by atoms with Crippen LogP contribution in [0.3, 0.4) is 0 Å². The van der Waals surface area contributed by atoms with Crippen LogP contribution in [-0.2, 0) is 16.6 Å². The van der Waals surface area contributed by atoms with Crippen molar-refractivity contribution >= 4 is 5.97 Å². The molecule has 1 aromatic carbocycles. The van der Waals surface area contributed by atoms with Crippen LogP contribution in [0.4, 0.5) is 0 Å². The van der Waals surface area contributed by atoms with Gasteiger partial charge < -0.3 is 10.4 Å². The van der Waals surface area contributed by atoms with Crippen molar-refractivity contribution in [3.8, 4) is 0 Å². The summed E-state index contributed by atoms with van der Waals surface area (Å²) in [7, 11) is 0. The van der Waals surface area contributed by atoms with E-state index in [4.69, 9.17) is 5.11 Å². The van der Waals surface area contributed by atoms with Gasteiger partial charge >= 0.3 is 5.97 Å². The SMILES string of the molecule is CCc1ccc(C(C)(C)CNC/C=C/C(=O)O)cc1. The molecule has 0 aliphatic carbocycles. The third-order valence-electron chi connectivity index (χ3n) is 3.23. The van der Waals surface area contributed by atoms with Crippen molar-refractivity contribution < 1.29 is 9.90 Å². The highest BCUT2D eigenvalue weighted by atomic mass is 16.4. The summed E-state index contributed by atoms with van der Waals surface area (Å²) < 4.78 is 0.